The van der Waals surface area contributed by atoms with Crippen molar-refractivity contribution in [3.63, 3.8) is 0 Å². The van der Waals surface area contributed by atoms with E-state index in [2.05, 4.69) is 10.3 Å². The van der Waals surface area contributed by atoms with Gasteiger partial charge in [0.25, 0.3) is 5.69 Å². The van der Waals surface area contributed by atoms with E-state index in [-0.39, 0.29) is 11.6 Å². The molecule has 3 aromatic carbocycles. The van der Waals surface area contributed by atoms with Crippen LogP contribution in [0.15, 0.2) is 66.7 Å². The van der Waals surface area contributed by atoms with E-state index in [0.717, 1.165) is 28.0 Å². The fourth-order valence-electron chi connectivity index (χ4n) is 3.33. The van der Waals surface area contributed by atoms with Crippen molar-refractivity contribution in [2.45, 2.75) is 13.8 Å². The number of carbonyl (C=O) groups is 1. The van der Waals surface area contributed by atoms with Crippen molar-refractivity contribution >= 4 is 40.5 Å². The van der Waals surface area contributed by atoms with Gasteiger partial charge in [0, 0.05) is 30.4 Å². The maximum Gasteiger partial charge on any atom is 0.271 e. The predicted octanol–water partition coefficient (Wildman–Crippen LogP) is 5.37. The molecule has 7 heteroatoms. The minimum Gasteiger partial charge on any atom is -0.326 e. The molecule has 0 saturated heterocycles. The van der Waals surface area contributed by atoms with Crippen molar-refractivity contribution in [3.8, 4) is 5.69 Å². The molecule has 0 aliphatic heterocycles. The van der Waals surface area contributed by atoms with Gasteiger partial charge in [0.05, 0.1) is 16.0 Å². The number of aryl methyl sites for hydroxylation is 1. The topological polar surface area (TPSA) is 90.1 Å². The average molecular weight is 412 g/mol. The molecule has 1 N–H and O–H groups in total. The molecule has 31 heavy (non-hydrogen) atoms. The van der Waals surface area contributed by atoms with Gasteiger partial charge in [-0.3, -0.25) is 19.5 Å². The molecule has 4 aromatic rings. The van der Waals surface area contributed by atoms with Crippen LogP contribution in [0.1, 0.15) is 23.9 Å². The second-order valence-electron chi connectivity index (χ2n) is 7.21. The van der Waals surface area contributed by atoms with Gasteiger partial charge in [0.1, 0.15) is 5.82 Å². The summed E-state index contributed by atoms with van der Waals surface area (Å²) in [5.41, 5.74) is 5.06. The number of amides is 1. The SMILES string of the molecule is CC(=O)Nc1ccc(C=Cc2nc3cc([N+](=O)[O-])ccc3n2-c2ccc(C)cc2)cc1. The lowest BCUT2D eigenvalue weighted by Crippen LogP contribution is -2.05. The second kappa shape index (κ2) is 8.23. The van der Waals surface area contributed by atoms with Crippen molar-refractivity contribution in [1.29, 1.82) is 0 Å². The first-order chi connectivity index (χ1) is 14.9. The molecule has 1 heterocycles. The Balaban J connectivity index is 1.77. The normalized spacial score (nSPS) is 11.2. The van der Waals surface area contributed by atoms with Crippen LogP contribution in [0.2, 0.25) is 0 Å². The zero-order chi connectivity index (χ0) is 22.0. The third kappa shape index (κ3) is 4.35. The molecule has 7 nitrogen and oxygen atoms in total. The molecule has 0 unspecified atom stereocenters. The number of hydrogen-bond donors (Lipinski definition) is 1. The number of aromatic nitrogens is 2. The highest BCUT2D eigenvalue weighted by Crippen LogP contribution is 2.26. The van der Waals surface area contributed by atoms with Gasteiger partial charge >= 0.3 is 0 Å². The predicted molar refractivity (Wildman–Crippen MR) is 122 cm³/mol. The van der Waals surface area contributed by atoms with Gasteiger partial charge in [-0.1, -0.05) is 35.9 Å². The molecule has 154 valence electrons. The molecular formula is C24H20N4O3. The van der Waals surface area contributed by atoms with Crippen LogP contribution in [-0.4, -0.2) is 20.4 Å². The van der Waals surface area contributed by atoms with Crippen LogP contribution >= 0.6 is 0 Å². The summed E-state index contributed by atoms with van der Waals surface area (Å²) in [6, 6.07) is 20.2. The summed E-state index contributed by atoms with van der Waals surface area (Å²) in [4.78, 5) is 26.6. The zero-order valence-corrected chi connectivity index (χ0v) is 17.1. The molecule has 1 amide bonds. The van der Waals surface area contributed by atoms with Crippen LogP contribution in [-0.2, 0) is 4.79 Å². The zero-order valence-electron chi connectivity index (χ0n) is 17.1. The quantitative estimate of drug-likeness (QED) is 0.352. The summed E-state index contributed by atoms with van der Waals surface area (Å²) in [6.45, 7) is 3.48. The Labute approximate surface area is 178 Å². The number of rotatable bonds is 5. The van der Waals surface area contributed by atoms with Gasteiger partial charge in [-0.15, -0.1) is 0 Å². The minimum atomic E-state index is -0.420. The van der Waals surface area contributed by atoms with E-state index in [1.165, 1.54) is 19.1 Å². The van der Waals surface area contributed by atoms with Crippen molar-refractivity contribution in [2.75, 3.05) is 5.32 Å². The number of hydrogen-bond acceptors (Lipinski definition) is 4. The van der Waals surface area contributed by atoms with Crippen LogP contribution in [0, 0.1) is 17.0 Å². The van der Waals surface area contributed by atoms with Crippen LogP contribution in [0.5, 0.6) is 0 Å². The van der Waals surface area contributed by atoms with Gasteiger partial charge in [0.2, 0.25) is 5.91 Å². The third-order valence-corrected chi connectivity index (χ3v) is 4.82. The third-order valence-electron chi connectivity index (χ3n) is 4.82. The first kappa shape index (κ1) is 20.0. The summed E-state index contributed by atoms with van der Waals surface area (Å²) in [7, 11) is 0. The highest BCUT2D eigenvalue weighted by molar-refractivity contribution is 5.89. The maximum atomic E-state index is 11.2. The standard InChI is InChI=1S/C24H20N4O3/c1-16-3-10-20(11-4-16)27-23-13-12-21(28(30)31)15-22(23)26-24(27)14-7-18-5-8-19(9-6-18)25-17(2)29/h3-15H,1-2H3,(H,25,29). The van der Waals surface area contributed by atoms with Crippen LogP contribution in [0.3, 0.4) is 0 Å². The van der Waals surface area contributed by atoms with Crippen molar-refractivity contribution in [2.24, 2.45) is 0 Å². The Morgan fingerprint density at radius 1 is 1.03 bits per heavy atom. The van der Waals surface area contributed by atoms with Gasteiger partial charge in [-0.2, -0.15) is 0 Å². The largest absolute Gasteiger partial charge is 0.326 e. The summed E-state index contributed by atoms with van der Waals surface area (Å²) >= 11 is 0. The fourth-order valence-corrected chi connectivity index (χ4v) is 3.33. The van der Waals surface area contributed by atoms with Gasteiger partial charge in [-0.25, -0.2) is 4.98 Å². The van der Waals surface area contributed by atoms with Crippen molar-refractivity contribution in [1.82, 2.24) is 9.55 Å². The Morgan fingerprint density at radius 2 is 1.74 bits per heavy atom. The molecule has 1 aromatic heterocycles. The number of nitro groups is 1. The van der Waals surface area contributed by atoms with Crippen molar-refractivity contribution in [3.05, 3.63) is 93.8 Å². The number of carbonyl (C=O) groups excluding carboxylic acids is 1. The number of nitrogens with one attached hydrogen (secondary N) is 1. The first-order valence-electron chi connectivity index (χ1n) is 9.70. The number of imidazole rings is 1. The molecule has 0 aliphatic carbocycles. The minimum absolute atomic E-state index is 0.00476. The van der Waals surface area contributed by atoms with Crippen molar-refractivity contribution < 1.29 is 9.72 Å². The molecular weight excluding hydrogens is 392 g/mol. The Hall–Kier alpha value is -4.26. The second-order valence-corrected chi connectivity index (χ2v) is 7.21. The van der Waals surface area contributed by atoms with Gasteiger partial charge in [-0.05, 0) is 48.9 Å². The Kier molecular flexibility index (Phi) is 5.32. The first-order valence-corrected chi connectivity index (χ1v) is 9.70. The highest BCUT2D eigenvalue weighted by atomic mass is 16.6. The van der Waals surface area contributed by atoms with Crippen LogP contribution in [0.25, 0.3) is 28.9 Å². The van der Waals surface area contributed by atoms with E-state index in [4.69, 9.17) is 0 Å². The fraction of sp³-hybridized carbons (Fsp3) is 0.0833. The molecule has 4 rings (SSSR count). The number of benzene rings is 3. The molecule has 0 spiro atoms. The summed E-state index contributed by atoms with van der Waals surface area (Å²) in [5.74, 6) is 0.537. The van der Waals surface area contributed by atoms with Gasteiger partial charge < -0.3 is 5.32 Å². The highest BCUT2D eigenvalue weighted by Gasteiger charge is 2.14. The molecule has 0 fully saturated rings. The molecule has 0 aliphatic rings. The molecule has 0 saturated carbocycles. The summed E-state index contributed by atoms with van der Waals surface area (Å²) < 4.78 is 1.97. The average Bonchev–Trinajstić information content (AvgIpc) is 3.11. The van der Waals surface area contributed by atoms with E-state index in [1.54, 1.807) is 6.07 Å². The van der Waals surface area contributed by atoms with E-state index < -0.39 is 4.92 Å². The maximum absolute atomic E-state index is 11.2. The molecule has 0 bridgehead atoms. The number of nitrogens with zero attached hydrogens (tertiary/aromatic N) is 3. The van der Waals surface area contributed by atoms with Gasteiger partial charge in [0.15, 0.2) is 0 Å². The smallest absolute Gasteiger partial charge is 0.271 e. The van der Waals surface area contributed by atoms with E-state index >= 15 is 0 Å². The number of anilines is 1. The van der Waals surface area contributed by atoms with E-state index in [1.807, 2.05) is 72.2 Å². The van der Waals surface area contributed by atoms with E-state index in [0.29, 0.717) is 11.3 Å². The van der Waals surface area contributed by atoms with Crippen LogP contribution < -0.4 is 5.32 Å². The molecule has 0 atom stereocenters. The number of nitro benzene ring substituents is 1. The lowest BCUT2D eigenvalue weighted by Gasteiger charge is -2.08. The number of fused-ring (bicyclic) bond motifs is 1. The lowest BCUT2D eigenvalue weighted by atomic mass is 10.2. The molecule has 0 radical (unpaired) electrons. The summed E-state index contributed by atoms with van der Waals surface area (Å²) in [6.07, 6.45) is 3.79. The Bertz CT molecular complexity index is 1300. The van der Waals surface area contributed by atoms with Crippen LogP contribution in [0.4, 0.5) is 11.4 Å². The monoisotopic (exact) mass is 412 g/mol. The number of non-ortho nitro benzene ring substituents is 1. The lowest BCUT2D eigenvalue weighted by molar-refractivity contribution is -0.384. The van der Waals surface area contributed by atoms with E-state index in [9.17, 15) is 14.9 Å². The Morgan fingerprint density at radius 3 is 2.39 bits per heavy atom. The summed E-state index contributed by atoms with van der Waals surface area (Å²) in [5, 5.41) is 13.9.